The van der Waals surface area contributed by atoms with Crippen LogP contribution in [0.2, 0.25) is 0 Å². The lowest BCUT2D eigenvalue weighted by Crippen LogP contribution is -1.98. The molecule has 1 saturated heterocycles. The zero-order chi connectivity index (χ0) is 9.80. The van der Waals surface area contributed by atoms with Crippen molar-refractivity contribution < 1.29 is 4.74 Å². The van der Waals surface area contributed by atoms with Gasteiger partial charge in [-0.1, -0.05) is 35.4 Å². The lowest BCUT2D eigenvalue weighted by Gasteiger charge is -2.08. The van der Waals surface area contributed by atoms with Crippen molar-refractivity contribution in [1.82, 2.24) is 0 Å². The number of ether oxygens (including phenoxy) is 1. The molecule has 1 aliphatic rings. The van der Waals surface area contributed by atoms with Crippen LogP contribution in [-0.4, -0.2) is 12.7 Å². The van der Waals surface area contributed by atoms with Gasteiger partial charge < -0.3 is 4.74 Å². The van der Waals surface area contributed by atoms with Gasteiger partial charge in [-0.3, -0.25) is 0 Å². The number of hydrogen-bond acceptors (Lipinski definition) is 2. The number of hydrogen-bond donors (Lipinski definition) is 0. The molecule has 0 spiro atoms. The van der Waals surface area contributed by atoms with Gasteiger partial charge in [-0.25, -0.2) is 0 Å². The van der Waals surface area contributed by atoms with E-state index in [1.54, 1.807) is 0 Å². The third-order valence-corrected chi connectivity index (χ3v) is 2.26. The van der Waals surface area contributed by atoms with Gasteiger partial charge in [-0.15, -0.1) is 0 Å². The lowest BCUT2D eigenvalue weighted by molar-refractivity contribution is 0.381. The van der Waals surface area contributed by atoms with Crippen molar-refractivity contribution in [2.45, 2.75) is 18.6 Å². The Kier molecular flexibility index (Phi) is 2.68. The van der Waals surface area contributed by atoms with E-state index in [9.17, 15) is 0 Å². The average molecular weight is 189 g/mol. The van der Waals surface area contributed by atoms with E-state index >= 15 is 0 Å². The first-order chi connectivity index (χ1) is 6.90. The fraction of sp³-hybridized carbons (Fsp3) is 0.400. The lowest BCUT2D eigenvalue weighted by atomic mass is 10.0. The second-order valence-corrected chi connectivity index (χ2v) is 3.32. The van der Waals surface area contributed by atoms with Crippen LogP contribution in [0.5, 0.6) is 0 Å². The summed E-state index contributed by atoms with van der Waals surface area (Å²) in [5.74, 6) is 0. The Bertz CT molecular complexity index is 342. The number of azide groups is 1. The number of benzene rings is 1. The summed E-state index contributed by atoms with van der Waals surface area (Å²) in [5.41, 5.74) is 9.51. The van der Waals surface area contributed by atoms with Crippen LogP contribution >= 0.6 is 0 Å². The summed E-state index contributed by atoms with van der Waals surface area (Å²) in [6, 6.07) is 9.70. The molecule has 0 N–H and O–H groups in total. The fourth-order valence-corrected chi connectivity index (χ4v) is 1.44. The number of nitrogens with zero attached hydrogens (tertiary/aromatic N) is 3. The van der Waals surface area contributed by atoms with Crippen LogP contribution in [0, 0.1) is 0 Å². The summed E-state index contributed by atoms with van der Waals surface area (Å²) in [6.45, 7) is 0.796. The Morgan fingerprint density at radius 1 is 1.50 bits per heavy atom. The van der Waals surface area contributed by atoms with Crippen LogP contribution in [-0.2, 0) is 4.74 Å². The van der Waals surface area contributed by atoms with Gasteiger partial charge in [-0.05, 0) is 17.5 Å². The second kappa shape index (κ2) is 4.13. The molecule has 14 heavy (non-hydrogen) atoms. The van der Waals surface area contributed by atoms with Gasteiger partial charge in [0.15, 0.2) is 0 Å². The SMILES string of the molecule is [N-]=[N+]=N[C@@H](C[C@H]1CO1)c1ccccc1. The van der Waals surface area contributed by atoms with E-state index < -0.39 is 0 Å². The van der Waals surface area contributed by atoms with E-state index in [0.29, 0.717) is 0 Å². The molecule has 2 atom stereocenters. The fourth-order valence-electron chi connectivity index (χ4n) is 1.44. The molecule has 0 radical (unpaired) electrons. The highest BCUT2D eigenvalue weighted by Crippen LogP contribution is 2.28. The average Bonchev–Trinajstić information content (AvgIpc) is 3.03. The Hall–Kier alpha value is -1.51. The van der Waals surface area contributed by atoms with Crippen molar-refractivity contribution >= 4 is 0 Å². The van der Waals surface area contributed by atoms with Crippen molar-refractivity contribution in [2.75, 3.05) is 6.61 Å². The molecule has 0 aliphatic carbocycles. The molecule has 0 unspecified atom stereocenters. The summed E-state index contributed by atoms with van der Waals surface area (Å²) in [6.07, 6.45) is 1.07. The minimum absolute atomic E-state index is 0.0892. The molecule has 1 aromatic carbocycles. The van der Waals surface area contributed by atoms with Gasteiger partial charge >= 0.3 is 0 Å². The Morgan fingerprint density at radius 3 is 2.79 bits per heavy atom. The topological polar surface area (TPSA) is 61.3 Å². The Morgan fingerprint density at radius 2 is 2.21 bits per heavy atom. The van der Waals surface area contributed by atoms with E-state index in [1.807, 2.05) is 30.3 Å². The van der Waals surface area contributed by atoms with Crippen LogP contribution in [0.15, 0.2) is 35.4 Å². The van der Waals surface area contributed by atoms with Gasteiger partial charge in [-0.2, -0.15) is 0 Å². The normalized spacial score (nSPS) is 21.0. The molecule has 2 rings (SSSR count). The van der Waals surface area contributed by atoms with Gasteiger partial charge in [0.2, 0.25) is 0 Å². The molecule has 1 heterocycles. The molecular formula is C10H11N3O. The first-order valence-corrected chi connectivity index (χ1v) is 4.61. The summed E-state index contributed by atoms with van der Waals surface area (Å²) in [5, 5.41) is 3.78. The predicted molar refractivity (Wildman–Crippen MR) is 52.7 cm³/mol. The highest BCUT2D eigenvalue weighted by atomic mass is 16.6. The highest BCUT2D eigenvalue weighted by Gasteiger charge is 2.26. The minimum Gasteiger partial charge on any atom is -0.373 e. The third kappa shape index (κ3) is 2.25. The Balaban J connectivity index is 2.12. The summed E-state index contributed by atoms with van der Waals surface area (Å²) < 4.78 is 5.12. The summed E-state index contributed by atoms with van der Waals surface area (Å²) in [7, 11) is 0. The zero-order valence-electron chi connectivity index (χ0n) is 7.71. The molecule has 0 amide bonds. The molecule has 0 saturated carbocycles. The van der Waals surface area contributed by atoms with Gasteiger partial charge in [0, 0.05) is 4.91 Å². The molecule has 1 aromatic rings. The standard InChI is InChI=1S/C10H11N3O/c11-13-12-10(6-9-7-14-9)8-4-2-1-3-5-8/h1-5,9-10H,6-7H2/t9-,10-/m0/s1. The molecule has 1 fully saturated rings. The zero-order valence-corrected chi connectivity index (χ0v) is 7.71. The number of epoxide rings is 1. The van der Waals surface area contributed by atoms with Crippen molar-refractivity contribution in [2.24, 2.45) is 5.11 Å². The first-order valence-electron chi connectivity index (χ1n) is 4.61. The summed E-state index contributed by atoms with van der Waals surface area (Å²) in [4.78, 5) is 2.86. The molecule has 72 valence electrons. The maximum atomic E-state index is 8.45. The maximum absolute atomic E-state index is 8.45. The Labute approximate surface area is 82.1 Å². The van der Waals surface area contributed by atoms with Crippen molar-refractivity contribution in [1.29, 1.82) is 0 Å². The van der Waals surface area contributed by atoms with Gasteiger partial charge in [0.1, 0.15) is 0 Å². The van der Waals surface area contributed by atoms with E-state index in [2.05, 4.69) is 10.0 Å². The van der Waals surface area contributed by atoms with E-state index in [0.717, 1.165) is 18.6 Å². The van der Waals surface area contributed by atoms with Crippen LogP contribution < -0.4 is 0 Å². The van der Waals surface area contributed by atoms with Crippen LogP contribution in [0.25, 0.3) is 10.4 Å². The molecule has 4 heteroatoms. The maximum Gasteiger partial charge on any atom is 0.0817 e. The quantitative estimate of drug-likeness (QED) is 0.311. The van der Waals surface area contributed by atoms with Gasteiger partial charge in [0.05, 0.1) is 18.8 Å². The predicted octanol–water partition coefficient (Wildman–Crippen LogP) is 2.83. The van der Waals surface area contributed by atoms with E-state index in [4.69, 9.17) is 10.3 Å². The van der Waals surface area contributed by atoms with Crippen LogP contribution in [0.3, 0.4) is 0 Å². The van der Waals surface area contributed by atoms with Crippen LogP contribution in [0.4, 0.5) is 0 Å². The van der Waals surface area contributed by atoms with Crippen molar-refractivity contribution in [3.8, 4) is 0 Å². The molecule has 0 bridgehead atoms. The molecule has 0 aromatic heterocycles. The highest BCUT2D eigenvalue weighted by molar-refractivity contribution is 5.19. The molecule has 1 aliphatic heterocycles. The largest absolute Gasteiger partial charge is 0.373 e. The molecule has 4 nitrogen and oxygen atoms in total. The first kappa shape index (κ1) is 9.06. The molecular weight excluding hydrogens is 178 g/mol. The summed E-state index contributed by atoms with van der Waals surface area (Å²) >= 11 is 0. The van der Waals surface area contributed by atoms with Gasteiger partial charge in [0.25, 0.3) is 0 Å². The third-order valence-electron chi connectivity index (χ3n) is 2.26. The monoisotopic (exact) mass is 189 g/mol. The van der Waals surface area contributed by atoms with E-state index in [-0.39, 0.29) is 12.1 Å². The number of rotatable bonds is 4. The van der Waals surface area contributed by atoms with Crippen molar-refractivity contribution in [3.63, 3.8) is 0 Å². The minimum atomic E-state index is -0.0892. The van der Waals surface area contributed by atoms with Crippen molar-refractivity contribution in [3.05, 3.63) is 46.3 Å². The smallest absolute Gasteiger partial charge is 0.0817 e. The second-order valence-electron chi connectivity index (χ2n) is 3.32. The van der Waals surface area contributed by atoms with Crippen LogP contribution in [0.1, 0.15) is 18.0 Å². The van der Waals surface area contributed by atoms with E-state index in [1.165, 1.54) is 0 Å².